The Balaban J connectivity index is 1.51. The standard InChI is InChI=1S/C25H26N2O2/c1-19(15-20-5-3-2-4-6-20)17-27-13-14-29-24-8-7-22(16-23(24)18-27)25(28)21-9-11-26-12-10-21/h2-12,15-16,25,28H,13-14,17-18H2,1H3. The fraction of sp³-hybridized carbons (Fsp3) is 0.240. The summed E-state index contributed by atoms with van der Waals surface area (Å²) in [7, 11) is 0. The Morgan fingerprint density at radius 1 is 1.10 bits per heavy atom. The lowest BCUT2D eigenvalue weighted by atomic mass is 10.00. The number of aromatic nitrogens is 1. The summed E-state index contributed by atoms with van der Waals surface area (Å²) in [6.45, 7) is 5.39. The van der Waals surface area contributed by atoms with Crippen LogP contribution >= 0.6 is 0 Å². The molecule has 148 valence electrons. The van der Waals surface area contributed by atoms with Crippen LogP contribution in [0.15, 0.2) is 78.6 Å². The van der Waals surface area contributed by atoms with Gasteiger partial charge in [-0.05, 0) is 47.9 Å². The van der Waals surface area contributed by atoms with Crippen LogP contribution in [0.25, 0.3) is 6.08 Å². The van der Waals surface area contributed by atoms with Gasteiger partial charge in [0.05, 0.1) is 0 Å². The van der Waals surface area contributed by atoms with Crippen molar-refractivity contribution in [3.63, 3.8) is 0 Å². The van der Waals surface area contributed by atoms with Crippen molar-refractivity contribution in [2.24, 2.45) is 0 Å². The molecule has 1 N–H and O–H groups in total. The minimum absolute atomic E-state index is 0.665. The molecule has 0 saturated heterocycles. The van der Waals surface area contributed by atoms with E-state index in [0.29, 0.717) is 6.61 Å². The van der Waals surface area contributed by atoms with E-state index in [9.17, 15) is 5.11 Å². The summed E-state index contributed by atoms with van der Waals surface area (Å²) in [5.41, 5.74) is 5.36. The summed E-state index contributed by atoms with van der Waals surface area (Å²) in [6, 6.07) is 20.1. The van der Waals surface area contributed by atoms with E-state index in [2.05, 4.69) is 53.2 Å². The third-order valence-corrected chi connectivity index (χ3v) is 5.17. The summed E-state index contributed by atoms with van der Waals surface area (Å²) in [6.07, 6.45) is 4.97. The molecule has 1 aliphatic rings. The van der Waals surface area contributed by atoms with Crippen LogP contribution in [0.3, 0.4) is 0 Å². The fourth-order valence-electron chi connectivity index (χ4n) is 3.74. The highest BCUT2D eigenvalue weighted by Crippen LogP contribution is 2.29. The Morgan fingerprint density at radius 2 is 1.90 bits per heavy atom. The number of ether oxygens (including phenoxy) is 1. The fourth-order valence-corrected chi connectivity index (χ4v) is 3.74. The van der Waals surface area contributed by atoms with Gasteiger partial charge in [-0.2, -0.15) is 0 Å². The number of rotatable bonds is 5. The van der Waals surface area contributed by atoms with Crippen molar-refractivity contribution < 1.29 is 9.84 Å². The number of benzene rings is 2. The second-order valence-corrected chi connectivity index (χ2v) is 7.51. The molecule has 0 aliphatic carbocycles. The maximum absolute atomic E-state index is 10.7. The van der Waals surface area contributed by atoms with Crippen molar-refractivity contribution in [1.82, 2.24) is 9.88 Å². The number of pyridine rings is 1. The minimum atomic E-state index is -0.667. The first-order valence-electron chi connectivity index (χ1n) is 9.97. The van der Waals surface area contributed by atoms with Crippen molar-refractivity contribution in [2.45, 2.75) is 19.6 Å². The topological polar surface area (TPSA) is 45.6 Å². The molecule has 1 atom stereocenters. The highest BCUT2D eigenvalue weighted by Gasteiger charge is 2.18. The minimum Gasteiger partial charge on any atom is -0.492 e. The average molecular weight is 386 g/mol. The zero-order valence-electron chi connectivity index (χ0n) is 16.7. The second kappa shape index (κ2) is 9.03. The highest BCUT2D eigenvalue weighted by molar-refractivity contribution is 5.52. The largest absolute Gasteiger partial charge is 0.492 e. The van der Waals surface area contributed by atoms with Gasteiger partial charge in [0.25, 0.3) is 0 Å². The number of hydrogen-bond donors (Lipinski definition) is 1. The van der Waals surface area contributed by atoms with E-state index in [1.807, 2.05) is 30.3 Å². The van der Waals surface area contributed by atoms with Crippen LogP contribution in [-0.4, -0.2) is 34.7 Å². The zero-order valence-corrected chi connectivity index (χ0v) is 16.7. The predicted molar refractivity (Wildman–Crippen MR) is 116 cm³/mol. The van der Waals surface area contributed by atoms with Crippen LogP contribution in [0.1, 0.15) is 35.3 Å². The molecular weight excluding hydrogens is 360 g/mol. The normalized spacial score (nSPS) is 15.9. The molecule has 1 aliphatic heterocycles. The Kier molecular flexibility index (Phi) is 6.03. The van der Waals surface area contributed by atoms with E-state index in [4.69, 9.17) is 4.74 Å². The molecule has 1 aromatic heterocycles. The smallest absolute Gasteiger partial charge is 0.123 e. The van der Waals surface area contributed by atoms with E-state index in [0.717, 1.165) is 42.1 Å². The van der Waals surface area contributed by atoms with Gasteiger partial charge in [0.15, 0.2) is 0 Å². The summed E-state index contributed by atoms with van der Waals surface area (Å²) in [5, 5.41) is 10.7. The molecule has 0 bridgehead atoms. The molecule has 0 amide bonds. The van der Waals surface area contributed by atoms with Gasteiger partial charge in [0.2, 0.25) is 0 Å². The van der Waals surface area contributed by atoms with E-state index in [1.54, 1.807) is 12.4 Å². The number of nitrogens with zero attached hydrogens (tertiary/aromatic N) is 2. The molecule has 0 fully saturated rings. The van der Waals surface area contributed by atoms with E-state index >= 15 is 0 Å². The van der Waals surface area contributed by atoms with Crippen molar-refractivity contribution in [2.75, 3.05) is 19.7 Å². The van der Waals surface area contributed by atoms with Gasteiger partial charge in [0.1, 0.15) is 18.5 Å². The number of fused-ring (bicyclic) bond motifs is 1. The summed E-state index contributed by atoms with van der Waals surface area (Å²) < 4.78 is 5.97. The monoisotopic (exact) mass is 386 g/mol. The lowest BCUT2D eigenvalue weighted by Crippen LogP contribution is -2.27. The second-order valence-electron chi connectivity index (χ2n) is 7.51. The molecule has 4 rings (SSSR count). The van der Waals surface area contributed by atoms with Crippen LogP contribution < -0.4 is 4.74 Å². The Bertz CT molecular complexity index is 971. The van der Waals surface area contributed by atoms with Gasteiger partial charge in [-0.25, -0.2) is 0 Å². The quantitative estimate of drug-likeness (QED) is 0.703. The first-order valence-corrected chi connectivity index (χ1v) is 9.97. The number of aliphatic hydroxyl groups is 1. The van der Waals surface area contributed by atoms with E-state index in [1.165, 1.54) is 11.1 Å². The molecule has 0 radical (unpaired) electrons. The summed E-state index contributed by atoms with van der Waals surface area (Å²) >= 11 is 0. The van der Waals surface area contributed by atoms with Crippen LogP contribution in [-0.2, 0) is 6.54 Å². The van der Waals surface area contributed by atoms with Crippen molar-refractivity contribution in [3.05, 3.63) is 101 Å². The summed E-state index contributed by atoms with van der Waals surface area (Å²) in [5.74, 6) is 0.905. The number of hydrogen-bond acceptors (Lipinski definition) is 4. The van der Waals surface area contributed by atoms with Crippen LogP contribution in [0.4, 0.5) is 0 Å². The van der Waals surface area contributed by atoms with Gasteiger partial charge >= 0.3 is 0 Å². The van der Waals surface area contributed by atoms with Gasteiger partial charge in [0, 0.05) is 37.6 Å². The van der Waals surface area contributed by atoms with Gasteiger partial charge in [-0.3, -0.25) is 9.88 Å². The Morgan fingerprint density at radius 3 is 2.69 bits per heavy atom. The Hall–Kier alpha value is -2.95. The zero-order chi connectivity index (χ0) is 20.1. The first kappa shape index (κ1) is 19.4. The molecule has 0 saturated carbocycles. The maximum Gasteiger partial charge on any atom is 0.123 e. The first-order chi connectivity index (χ1) is 14.2. The molecule has 4 heteroatoms. The van der Waals surface area contributed by atoms with Crippen LogP contribution in [0.5, 0.6) is 5.75 Å². The third kappa shape index (κ3) is 4.91. The molecular formula is C25H26N2O2. The predicted octanol–water partition coefficient (Wildman–Crippen LogP) is 4.46. The van der Waals surface area contributed by atoms with Crippen LogP contribution in [0, 0.1) is 0 Å². The van der Waals surface area contributed by atoms with E-state index < -0.39 is 6.10 Å². The molecule has 3 aromatic rings. The van der Waals surface area contributed by atoms with Gasteiger partial charge in [-0.15, -0.1) is 0 Å². The number of aliphatic hydroxyl groups excluding tert-OH is 1. The third-order valence-electron chi connectivity index (χ3n) is 5.17. The van der Waals surface area contributed by atoms with E-state index in [-0.39, 0.29) is 0 Å². The lowest BCUT2D eigenvalue weighted by molar-refractivity contribution is 0.220. The highest BCUT2D eigenvalue weighted by atomic mass is 16.5. The van der Waals surface area contributed by atoms with Crippen molar-refractivity contribution in [3.8, 4) is 5.75 Å². The van der Waals surface area contributed by atoms with Crippen molar-refractivity contribution in [1.29, 1.82) is 0 Å². The van der Waals surface area contributed by atoms with Crippen LogP contribution in [0.2, 0.25) is 0 Å². The SMILES string of the molecule is CC(=Cc1ccccc1)CN1CCOc2ccc(C(O)c3ccncc3)cc2C1. The molecule has 29 heavy (non-hydrogen) atoms. The Labute approximate surface area is 172 Å². The van der Waals surface area contributed by atoms with Crippen molar-refractivity contribution >= 4 is 6.08 Å². The summed E-state index contributed by atoms with van der Waals surface area (Å²) in [4.78, 5) is 6.42. The molecule has 0 spiro atoms. The maximum atomic E-state index is 10.7. The molecule has 4 nitrogen and oxygen atoms in total. The molecule has 1 unspecified atom stereocenters. The lowest BCUT2D eigenvalue weighted by Gasteiger charge is -2.20. The van der Waals surface area contributed by atoms with Gasteiger partial charge < -0.3 is 9.84 Å². The molecule has 2 aromatic carbocycles. The average Bonchev–Trinajstić information content (AvgIpc) is 2.95. The van der Waals surface area contributed by atoms with Gasteiger partial charge in [-0.1, -0.05) is 48.0 Å². The molecule has 2 heterocycles.